The Morgan fingerprint density at radius 3 is 2.29 bits per heavy atom. The number of carbonyl (C=O) groups is 2. The van der Waals surface area contributed by atoms with Gasteiger partial charge in [-0.25, -0.2) is 0 Å². The lowest BCUT2D eigenvalue weighted by Gasteiger charge is -2.31. The Morgan fingerprint density at radius 2 is 1.71 bits per heavy atom. The number of aliphatic hydroxyl groups excluding tert-OH is 1. The summed E-state index contributed by atoms with van der Waals surface area (Å²) in [6.45, 7) is 12.2. The van der Waals surface area contributed by atoms with E-state index in [9.17, 15) is 14.7 Å². The molecule has 0 saturated heterocycles. The van der Waals surface area contributed by atoms with Gasteiger partial charge in [0.25, 0.3) is 5.91 Å². The van der Waals surface area contributed by atoms with Gasteiger partial charge in [-0.05, 0) is 66.1 Å². The van der Waals surface area contributed by atoms with E-state index in [1.807, 2.05) is 32.9 Å². The van der Waals surface area contributed by atoms with Gasteiger partial charge in [0.05, 0.1) is 11.5 Å². The van der Waals surface area contributed by atoms with Crippen LogP contribution in [0.3, 0.4) is 0 Å². The van der Waals surface area contributed by atoms with Crippen LogP contribution >= 0.6 is 0 Å². The van der Waals surface area contributed by atoms with Crippen LogP contribution in [0.4, 0.5) is 0 Å². The number of carboxylic acid groups (broad SMARTS) is 1. The minimum Gasteiger partial charge on any atom is -0.491 e. The second kappa shape index (κ2) is 11.6. The van der Waals surface area contributed by atoms with Crippen molar-refractivity contribution < 1.29 is 29.0 Å². The summed E-state index contributed by atoms with van der Waals surface area (Å²) in [5.74, 6) is 0.185. The molecule has 2 N–H and O–H groups in total. The number of likely N-dealkylation sites (N-methyl/N-ethyl adjacent to an activating group) is 1. The molecule has 3 rings (SSSR count). The van der Waals surface area contributed by atoms with Crippen LogP contribution in [0.5, 0.6) is 5.75 Å². The number of hydrogen-bond donors (Lipinski definition) is 2. The Balaban J connectivity index is 1.97. The monoisotopic (exact) mass is 523 g/mol. The van der Waals surface area contributed by atoms with Gasteiger partial charge in [-0.1, -0.05) is 53.7 Å². The van der Waals surface area contributed by atoms with Crippen molar-refractivity contribution in [2.75, 3.05) is 20.2 Å². The molecule has 0 radical (unpaired) electrons. The Bertz CT molecular complexity index is 1280. The van der Waals surface area contributed by atoms with Crippen molar-refractivity contribution in [3.63, 3.8) is 0 Å². The second-order valence-electron chi connectivity index (χ2n) is 11.1. The Kier molecular flexibility index (Phi) is 8.93. The highest BCUT2D eigenvalue weighted by Crippen LogP contribution is 2.42. The zero-order valence-corrected chi connectivity index (χ0v) is 23.6. The van der Waals surface area contributed by atoms with E-state index in [1.165, 1.54) is 11.9 Å². The summed E-state index contributed by atoms with van der Waals surface area (Å²) in [5.41, 5.74) is 2.65. The van der Waals surface area contributed by atoms with Crippen molar-refractivity contribution in [1.29, 1.82) is 0 Å². The second-order valence-corrected chi connectivity index (χ2v) is 11.1. The van der Waals surface area contributed by atoms with Gasteiger partial charge in [-0.2, -0.15) is 0 Å². The fourth-order valence-corrected chi connectivity index (χ4v) is 4.77. The van der Waals surface area contributed by atoms with Gasteiger partial charge in [0.15, 0.2) is 0 Å². The van der Waals surface area contributed by atoms with Crippen molar-refractivity contribution in [3.8, 4) is 5.75 Å². The zero-order chi connectivity index (χ0) is 28.3. The summed E-state index contributed by atoms with van der Waals surface area (Å²) in [5, 5.41) is 20.2. The van der Waals surface area contributed by atoms with Gasteiger partial charge in [0, 0.05) is 18.0 Å². The average Bonchev–Trinajstić information content (AvgIpc) is 3.30. The number of hydrogen-bond acceptors (Lipinski definition) is 5. The molecule has 1 atom stereocenters. The van der Waals surface area contributed by atoms with E-state index >= 15 is 0 Å². The minimum atomic E-state index is -1.06. The number of benzene rings is 2. The molecule has 1 amide bonds. The zero-order valence-electron chi connectivity index (χ0n) is 23.6. The molecule has 206 valence electrons. The molecule has 0 bridgehead atoms. The molecular formula is C31H41NO6. The molecule has 7 nitrogen and oxygen atoms in total. The predicted molar refractivity (Wildman–Crippen MR) is 149 cm³/mol. The Labute approximate surface area is 225 Å². The maximum absolute atomic E-state index is 12.7. The van der Waals surface area contributed by atoms with E-state index in [2.05, 4.69) is 32.9 Å². The molecule has 7 heteroatoms. The molecule has 0 saturated carbocycles. The molecule has 0 fully saturated rings. The first-order chi connectivity index (χ1) is 17.9. The van der Waals surface area contributed by atoms with Gasteiger partial charge >= 0.3 is 5.97 Å². The average molecular weight is 524 g/mol. The number of fused-ring (bicyclic) bond motifs is 1. The van der Waals surface area contributed by atoms with Crippen LogP contribution in [0, 0.1) is 5.41 Å². The molecule has 1 aromatic heterocycles. The molecule has 1 unspecified atom stereocenters. The summed E-state index contributed by atoms with van der Waals surface area (Å²) in [4.78, 5) is 24.9. The quantitative estimate of drug-likeness (QED) is 0.318. The third-order valence-corrected chi connectivity index (χ3v) is 7.55. The largest absolute Gasteiger partial charge is 0.491 e. The van der Waals surface area contributed by atoms with Crippen LogP contribution in [0.25, 0.3) is 11.0 Å². The molecule has 3 aromatic rings. The summed E-state index contributed by atoms with van der Waals surface area (Å²) < 4.78 is 12.4. The van der Waals surface area contributed by atoms with Gasteiger partial charge < -0.3 is 24.3 Å². The summed E-state index contributed by atoms with van der Waals surface area (Å²) in [6.07, 6.45) is 1.83. The molecule has 2 aromatic carbocycles. The van der Waals surface area contributed by atoms with Crippen LogP contribution in [-0.4, -0.2) is 53.3 Å². The first kappa shape index (κ1) is 29.2. The van der Waals surface area contributed by atoms with Gasteiger partial charge in [-0.3, -0.25) is 9.59 Å². The standard InChI is InChI=1S/C31H41NO6/c1-8-20-16-23(12-14-24(20)37-19-26(33)30(4,5)6)31(9-2,10-3)27-17-22-15-21(11-13-25(22)38-27)29(36)32(7)18-28(34)35/h11-17,26,33H,8-10,18-19H2,1-7H3,(H,34,35). The van der Waals surface area contributed by atoms with Crippen LogP contribution in [-0.2, 0) is 16.6 Å². The molecule has 38 heavy (non-hydrogen) atoms. The van der Waals surface area contributed by atoms with E-state index < -0.39 is 12.1 Å². The highest BCUT2D eigenvalue weighted by atomic mass is 16.5. The topological polar surface area (TPSA) is 100 Å². The van der Waals surface area contributed by atoms with Crippen molar-refractivity contribution in [2.45, 2.75) is 72.3 Å². The Morgan fingerprint density at radius 1 is 1.03 bits per heavy atom. The van der Waals surface area contributed by atoms with Crippen LogP contribution in [0.1, 0.15) is 81.6 Å². The fraction of sp³-hybridized carbons (Fsp3) is 0.484. The van der Waals surface area contributed by atoms with Crippen molar-refractivity contribution in [2.24, 2.45) is 5.41 Å². The van der Waals surface area contributed by atoms with Crippen LogP contribution < -0.4 is 4.74 Å². The number of furan rings is 1. The number of carbonyl (C=O) groups excluding carboxylic acids is 1. The molecular weight excluding hydrogens is 482 g/mol. The summed E-state index contributed by atoms with van der Waals surface area (Å²) in [6, 6.07) is 13.4. The van der Waals surface area contributed by atoms with Gasteiger partial charge in [0.2, 0.25) is 0 Å². The Hall–Kier alpha value is -3.32. The summed E-state index contributed by atoms with van der Waals surface area (Å²) in [7, 11) is 1.48. The molecule has 1 heterocycles. The van der Waals surface area contributed by atoms with Crippen molar-refractivity contribution >= 4 is 22.8 Å². The number of ether oxygens (including phenoxy) is 1. The number of rotatable bonds is 11. The third kappa shape index (κ3) is 6.04. The molecule has 0 aliphatic heterocycles. The SMILES string of the molecule is CCc1cc(C(CC)(CC)c2cc3cc(C(=O)N(C)CC(=O)O)ccc3o2)ccc1OCC(O)C(C)(C)C. The van der Waals surface area contributed by atoms with Crippen molar-refractivity contribution in [3.05, 3.63) is 64.9 Å². The summed E-state index contributed by atoms with van der Waals surface area (Å²) >= 11 is 0. The number of aryl methyl sites for hydroxylation is 1. The number of carboxylic acids is 1. The number of aliphatic carboxylic acids is 1. The number of nitrogens with zero attached hydrogens (tertiary/aromatic N) is 1. The minimum absolute atomic E-state index is 0.231. The lowest BCUT2D eigenvalue weighted by Crippen LogP contribution is -2.32. The molecule has 0 aliphatic rings. The van der Waals surface area contributed by atoms with Gasteiger partial charge in [0.1, 0.15) is 30.2 Å². The first-order valence-electron chi connectivity index (χ1n) is 13.3. The number of amides is 1. The van der Waals surface area contributed by atoms with E-state index in [4.69, 9.17) is 14.3 Å². The fourth-order valence-electron chi connectivity index (χ4n) is 4.77. The van der Waals surface area contributed by atoms with Gasteiger partial charge in [-0.15, -0.1) is 0 Å². The lowest BCUT2D eigenvalue weighted by molar-refractivity contribution is -0.137. The number of aliphatic hydroxyl groups is 1. The van der Waals surface area contributed by atoms with E-state index in [0.717, 1.165) is 47.3 Å². The predicted octanol–water partition coefficient (Wildman–Crippen LogP) is 6.04. The molecule has 0 spiro atoms. The van der Waals surface area contributed by atoms with E-state index in [1.54, 1.807) is 18.2 Å². The smallest absolute Gasteiger partial charge is 0.323 e. The third-order valence-electron chi connectivity index (χ3n) is 7.55. The molecule has 0 aliphatic carbocycles. The highest BCUT2D eigenvalue weighted by molar-refractivity contribution is 5.98. The highest BCUT2D eigenvalue weighted by Gasteiger charge is 2.35. The maximum Gasteiger partial charge on any atom is 0.323 e. The van der Waals surface area contributed by atoms with Crippen molar-refractivity contribution in [1.82, 2.24) is 4.90 Å². The van der Waals surface area contributed by atoms with E-state index in [0.29, 0.717) is 11.1 Å². The normalized spacial score (nSPS) is 12.9. The lowest BCUT2D eigenvalue weighted by atomic mass is 9.73. The van der Waals surface area contributed by atoms with Crippen LogP contribution in [0.2, 0.25) is 0 Å². The first-order valence-corrected chi connectivity index (χ1v) is 13.3. The van der Waals surface area contributed by atoms with E-state index in [-0.39, 0.29) is 29.9 Å². The van der Waals surface area contributed by atoms with Crippen LogP contribution in [0.15, 0.2) is 46.9 Å². The maximum atomic E-state index is 12.7.